The molecule has 0 bridgehead atoms. The van der Waals surface area contributed by atoms with Crippen molar-refractivity contribution in [2.45, 2.75) is 6.54 Å². The van der Waals surface area contributed by atoms with Crippen LogP contribution in [0, 0.1) is 5.82 Å². The number of hydrogen-bond donors (Lipinski definition) is 2. The second-order valence-electron chi connectivity index (χ2n) is 6.31. The van der Waals surface area contributed by atoms with Gasteiger partial charge in [0.2, 0.25) is 0 Å². The fraction of sp³-hybridized carbons (Fsp3) is 0.100. The Morgan fingerprint density at radius 1 is 1.18 bits per heavy atom. The second kappa shape index (κ2) is 7.39. The molecule has 8 heteroatoms. The van der Waals surface area contributed by atoms with E-state index >= 15 is 0 Å². The van der Waals surface area contributed by atoms with Crippen LogP contribution in [0.4, 0.5) is 4.39 Å². The minimum absolute atomic E-state index is 0.0433. The summed E-state index contributed by atoms with van der Waals surface area (Å²) < 4.78 is 14.8. The van der Waals surface area contributed by atoms with Crippen LogP contribution >= 0.6 is 23.2 Å². The molecule has 0 amide bonds. The van der Waals surface area contributed by atoms with Crippen molar-refractivity contribution in [3.05, 3.63) is 80.8 Å². The van der Waals surface area contributed by atoms with Crippen LogP contribution in [0.2, 0.25) is 10.0 Å². The third kappa shape index (κ3) is 3.42. The summed E-state index contributed by atoms with van der Waals surface area (Å²) in [6.07, 6.45) is 1.87. The molecule has 2 N–H and O–H groups in total. The van der Waals surface area contributed by atoms with Crippen molar-refractivity contribution in [2.24, 2.45) is 0 Å². The smallest absolute Gasteiger partial charge is 0.356 e. The molecule has 0 saturated heterocycles. The highest BCUT2D eigenvalue weighted by Gasteiger charge is 2.28. The van der Waals surface area contributed by atoms with Crippen LogP contribution in [-0.4, -0.2) is 27.4 Å². The molecule has 0 saturated carbocycles. The number of nitrogens with one attached hydrogen (secondary N) is 1. The van der Waals surface area contributed by atoms with Crippen molar-refractivity contribution in [1.82, 2.24) is 15.1 Å². The molecule has 0 fully saturated rings. The third-order valence-electron chi connectivity index (χ3n) is 4.46. The zero-order chi connectivity index (χ0) is 19.8. The fourth-order valence-corrected chi connectivity index (χ4v) is 3.72. The van der Waals surface area contributed by atoms with Crippen LogP contribution in [0.25, 0.3) is 17.3 Å². The maximum Gasteiger partial charge on any atom is 0.356 e. The lowest BCUT2D eigenvalue weighted by Gasteiger charge is -2.20. The summed E-state index contributed by atoms with van der Waals surface area (Å²) in [5.41, 5.74) is 3.32. The predicted molar refractivity (Wildman–Crippen MR) is 107 cm³/mol. The summed E-state index contributed by atoms with van der Waals surface area (Å²) in [6.45, 7) is 0.864. The van der Waals surface area contributed by atoms with E-state index < -0.39 is 5.97 Å². The van der Waals surface area contributed by atoms with Crippen LogP contribution < -0.4 is 5.32 Å². The van der Waals surface area contributed by atoms with E-state index in [1.165, 1.54) is 16.8 Å². The molecule has 142 valence electrons. The Hall–Kier alpha value is -2.67. The third-order valence-corrected chi connectivity index (χ3v) is 4.99. The molecule has 1 aliphatic heterocycles. The van der Waals surface area contributed by atoms with Gasteiger partial charge in [0.25, 0.3) is 0 Å². The molecule has 1 aromatic heterocycles. The van der Waals surface area contributed by atoms with Crippen LogP contribution in [-0.2, 0) is 6.54 Å². The van der Waals surface area contributed by atoms with Gasteiger partial charge in [-0.25, -0.2) is 13.9 Å². The van der Waals surface area contributed by atoms with Crippen LogP contribution in [0.15, 0.2) is 42.5 Å². The molecule has 5 nitrogen and oxygen atoms in total. The summed E-state index contributed by atoms with van der Waals surface area (Å²) in [5.74, 6) is -1.44. The Balaban J connectivity index is 1.94. The zero-order valence-electron chi connectivity index (χ0n) is 14.4. The molecule has 2 aromatic carbocycles. The van der Waals surface area contributed by atoms with Gasteiger partial charge in [-0.1, -0.05) is 35.3 Å². The van der Waals surface area contributed by atoms with Gasteiger partial charge >= 0.3 is 5.97 Å². The Morgan fingerprint density at radius 2 is 1.93 bits per heavy atom. The van der Waals surface area contributed by atoms with Crippen LogP contribution in [0.5, 0.6) is 0 Å². The summed E-state index contributed by atoms with van der Waals surface area (Å²) in [5, 5.41) is 17.9. The quantitative estimate of drug-likeness (QED) is 0.650. The van der Waals surface area contributed by atoms with Crippen LogP contribution in [0.1, 0.15) is 27.3 Å². The summed E-state index contributed by atoms with van der Waals surface area (Å²) in [4.78, 5) is 11.7. The highest BCUT2D eigenvalue weighted by molar-refractivity contribution is 6.35. The Bertz CT molecular complexity index is 1110. The molecule has 0 aliphatic carbocycles. The number of carboxylic acids is 1. The number of carboxylic acid groups (broad SMARTS) is 1. The van der Waals surface area contributed by atoms with E-state index in [1.807, 2.05) is 6.08 Å². The molecule has 0 radical (unpaired) electrons. The first kappa shape index (κ1) is 18.7. The van der Waals surface area contributed by atoms with Gasteiger partial charge < -0.3 is 10.4 Å². The van der Waals surface area contributed by atoms with Gasteiger partial charge in [-0.3, -0.25) is 0 Å². The highest BCUT2D eigenvalue weighted by atomic mass is 35.5. The van der Waals surface area contributed by atoms with Crippen molar-refractivity contribution in [3.63, 3.8) is 0 Å². The average Bonchev–Trinajstić information content (AvgIpc) is 3.04. The number of aromatic nitrogens is 2. The number of halogens is 3. The van der Waals surface area contributed by atoms with E-state index in [0.717, 1.165) is 11.1 Å². The normalized spacial score (nSPS) is 14.9. The number of benzene rings is 2. The van der Waals surface area contributed by atoms with Crippen molar-refractivity contribution in [3.8, 4) is 5.69 Å². The van der Waals surface area contributed by atoms with Gasteiger partial charge in [0.05, 0.1) is 16.4 Å². The molecule has 0 unspecified atom stereocenters. The maximum atomic E-state index is 13.2. The van der Waals surface area contributed by atoms with Crippen LogP contribution in [0.3, 0.4) is 0 Å². The summed E-state index contributed by atoms with van der Waals surface area (Å²) >= 11 is 12.3. The molecular formula is C20H14Cl2FN3O2. The van der Waals surface area contributed by atoms with E-state index in [0.29, 0.717) is 40.1 Å². The first-order valence-corrected chi connectivity index (χ1v) is 9.17. The predicted octanol–water partition coefficient (Wildman–Crippen LogP) is 4.66. The van der Waals surface area contributed by atoms with Crippen molar-refractivity contribution >= 4 is 40.8 Å². The monoisotopic (exact) mass is 417 g/mol. The topological polar surface area (TPSA) is 67.1 Å². The van der Waals surface area contributed by atoms with Crippen molar-refractivity contribution < 1.29 is 14.3 Å². The molecule has 3 aromatic rings. The molecule has 4 rings (SSSR count). The molecule has 2 heterocycles. The highest BCUT2D eigenvalue weighted by Crippen LogP contribution is 2.33. The lowest BCUT2D eigenvalue weighted by molar-refractivity contribution is 0.0688. The first-order valence-electron chi connectivity index (χ1n) is 8.42. The minimum Gasteiger partial charge on any atom is -0.476 e. The van der Waals surface area contributed by atoms with Gasteiger partial charge in [-0.2, -0.15) is 5.10 Å². The Labute approximate surface area is 170 Å². The fourth-order valence-electron chi connectivity index (χ4n) is 3.23. The minimum atomic E-state index is -1.12. The van der Waals surface area contributed by atoms with Gasteiger partial charge in [0, 0.05) is 23.7 Å². The van der Waals surface area contributed by atoms with Crippen molar-refractivity contribution in [1.29, 1.82) is 0 Å². The maximum absolute atomic E-state index is 13.2. The van der Waals surface area contributed by atoms with Gasteiger partial charge in [-0.15, -0.1) is 0 Å². The number of aromatic carboxylic acids is 1. The SMILES string of the molecule is O=C(O)c1nn(-c2ccc(Cl)cc2Cl)c2c1CNC/C2=C\c1ccc(F)cc1. The number of nitrogens with zero attached hydrogens (tertiary/aromatic N) is 2. The van der Waals surface area contributed by atoms with E-state index in [9.17, 15) is 14.3 Å². The first-order chi connectivity index (χ1) is 13.4. The molecule has 0 atom stereocenters. The lowest BCUT2D eigenvalue weighted by atomic mass is 9.99. The molecular weight excluding hydrogens is 404 g/mol. The van der Waals surface area contributed by atoms with Gasteiger partial charge in [0.1, 0.15) is 5.82 Å². The van der Waals surface area contributed by atoms with Gasteiger partial charge in [0.15, 0.2) is 5.69 Å². The molecule has 1 aliphatic rings. The Kier molecular flexibility index (Phi) is 4.93. The van der Waals surface area contributed by atoms with E-state index in [4.69, 9.17) is 23.2 Å². The van der Waals surface area contributed by atoms with E-state index in [-0.39, 0.29) is 11.5 Å². The zero-order valence-corrected chi connectivity index (χ0v) is 15.9. The number of fused-ring (bicyclic) bond motifs is 1. The molecule has 0 spiro atoms. The van der Waals surface area contributed by atoms with Gasteiger partial charge in [-0.05, 0) is 47.5 Å². The summed E-state index contributed by atoms with van der Waals surface area (Å²) in [6, 6.07) is 11.0. The molecule has 28 heavy (non-hydrogen) atoms. The number of hydrogen-bond acceptors (Lipinski definition) is 3. The van der Waals surface area contributed by atoms with E-state index in [1.54, 1.807) is 30.3 Å². The number of rotatable bonds is 3. The largest absolute Gasteiger partial charge is 0.476 e. The lowest BCUT2D eigenvalue weighted by Crippen LogP contribution is -2.24. The standard InChI is InChI=1S/C20H14Cl2FN3O2/c21-13-3-6-17(16(22)8-13)26-19-12(7-11-1-4-14(23)5-2-11)9-24-10-15(19)18(25-26)20(27)28/h1-8,24H,9-10H2,(H,27,28)/b12-7+. The second-order valence-corrected chi connectivity index (χ2v) is 7.16. The summed E-state index contributed by atoms with van der Waals surface area (Å²) in [7, 11) is 0. The van der Waals surface area contributed by atoms with Crippen molar-refractivity contribution in [2.75, 3.05) is 6.54 Å². The van der Waals surface area contributed by atoms with E-state index in [2.05, 4.69) is 10.4 Å². The average molecular weight is 418 g/mol. The Morgan fingerprint density at radius 3 is 2.61 bits per heavy atom. The number of carbonyl (C=O) groups is 1.